The lowest BCUT2D eigenvalue weighted by atomic mass is 9.92. The van der Waals surface area contributed by atoms with Crippen LogP contribution < -0.4 is 21.5 Å². The highest BCUT2D eigenvalue weighted by Crippen LogP contribution is 2.23. The number of hydrazine groups is 1. The van der Waals surface area contributed by atoms with E-state index in [1.54, 1.807) is 7.11 Å². The standard InChI is InChI=1S/C21H27N5O4/c1-29-15-9-7-14(8-10-15)24-20(27)17-16(11-23-26-17)25-21(28)18-19(30-12-22-18)13-5-3-2-4-6-13/h2-6,12,14-17,23,26H,7-11H2,1H3,(H,24,27)(H,25,28). The van der Waals surface area contributed by atoms with Crippen molar-refractivity contribution in [2.24, 2.45) is 0 Å². The monoisotopic (exact) mass is 413 g/mol. The second-order valence-electron chi connectivity index (χ2n) is 7.70. The Bertz CT molecular complexity index is 863. The van der Waals surface area contributed by atoms with Crippen LogP contribution in [0.15, 0.2) is 41.1 Å². The van der Waals surface area contributed by atoms with Gasteiger partial charge in [0.1, 0.15) is 6.04 Å². The van der Waals surface area contributed by atoms with E-state index >= 15 is 0 Å². The third-order valence-electron chi connectivity index (χ3n) is 5.75. The molecule has 0 radical (unpaired) electrons. The Morgan fingerprint density at radius 1 is 1.13 bits per heavy atom. The number of hydrogen-bond donors (Lipinski definition) is 4. The van der Waals surface area contributed by atoms with Crippen molar-refractivity contribution in [1.82, 2.24) is 26.5 Å². The molecule has 9 nitrogen and oxygen atoms in total. The van der Waals surface area contributed by atoms with E-state index in [0.29, 0.717) is 12.3 Å². The van der Waals surface area contributed by atoms with Crippen LogP contribution in [0.3, 0.4) is 0 Å². The summed E-state index contributed by atoms with van der Waals surface area (Å²) in [7, 11) is 1.73. The first-order chi connectivity index (χ1) is 14.7. The number of rotatable bonds is 6. The Morgan fingerprint density at radius 2 is 1.90 bits per heavy atom. The first-order valence-electron chi connectivity index (χ1n) is 10.3. The Balaban J connectivity index is 1.37. The SMILES string of the molecule is COC1CCC(NC(=O)C2NNCC2NC(=O)c2ncoc2-c2ccccc2)CC1. The second-order valence-corrected chi connectivity index (χ2v) is 7.70. The summed E-state index contributed by atoms with van der Waals surface area (Å²) >= 11 is 0. The Morgan fingerprint density at radius 3 is 2.63 bits per heavy atom. The summed E-state index contributed by atoms with van der Waals surface area (Å²) in [5.74, 6) is -0.103. The molecule has 0 bridgehead atoms. The lowest BCUT2D eigenvalue weighted by Gasteiger charge is -2.29. The molecule has 1 saturated carbocycles. The van der Waals surface area contributed by atoms with Crippen LogP contribution in [0.4, 0.5) is 0 Å². The molecule has 2 unspecified atom stereocenters. The number of oxazole rings is 1. The summed E-state index contributed by atoms with van der Waals surface area (Å²) in [6.07, 6.45) is 5.18. The maximum absolute atomic E-state index is 12.8. The fraction of sp³-hybridized carbons (Fsp3) is 0.476. The molecule has 4 N–H and O–H groups in total. The van der Waals surface area contributed by atoms with Crippen molar-refractivity contribution in [2.45, 2.75) is 49.9 Å². The van der Waals surface area contributed by atoms with Gasteiger partial charge >= 0.3 is 0 Å². The van der Waals surface area contributed by atoms with Crippen molar-refractivity contribution in [3.8, 4) is 11.3 Å². The molecule has 160 valence electrons. The third kappa shape index (κ3) is 4.53. The summed E-state index contributed by atoms with van der Waals surface area (Å²) in [5.41, 5.74) is 6.90. The number of benzene rings is 1. The Labute approximate surface area is 174 Å². The minimum atomic E-state index is -0.568. The number of carbonyl (C=O) groups is 2. The van der Waals surface area contributed by atoms with E-state index < -0.39 is 12.1 Å². The minimum Gasteiger partial charge on any atom is -0.443 e. The zero-order chi connectivity index (χ0) is 20.9. The molecule has 1 saturated heterocycles. The van der Waals surface area contributed by atoms with Crippen LogP contribution in [0.25, 0.3) is 11.3 Å². The molecule has 1 aliphatic heterocycles. The van der Waals surface area contributed by atoms with Gasteiger partial charge in [-0.2, -0.15) is 0 Å². The molecule has 2 atom stereocenters. The molecule has 2 aliphatic rings. The highest BCUT2D eigenvalue weighted by Gasteiger charge is 2.36. The molecule has 0 spiro atoms. The minimum absolute atomic E-state index is 0.128. The van der Waals surface area contributed by atoms with E-state index in [4.69, 9.17) is 9.15 Å². The zero-order valence-electron chi connectivity index (χ0n) is 16.9. The molecular formula is C21H27N5O4. The van der Waals surface area contributed by atoms with Crippen molar-refractivity contribution >= 4 is 11.8 Å². The number of ether oxygens (including phenoxy) is 1. The largest absolute Gasteiger partial charge is 0.443 e. The molecule has 2 heterocycles. The average Bonchev–Trinajstić information content (AvgIpc) is 3.44. The number of nitrogens with one attached hydrogen (secondary N) is 4. The number of hydrogen-bond acceptors (Lipinski definition) is 7. The summed E-state index contributed by atoms with van der Waals surface area (Å²) in [5, 5.41) is 6.01. The maximum Gasteiger partial charge on any atom is 0.274 e. The van der Waals surface area contributed by atoms with Crippen LogP contribution in [0.2, 0.25) is 0 Å². The van der Waals surface area contributed by atoms with Gasteiger partial charge in [-0.25, -0.2) is 10.4 Å². The van der Waals surface area contributed by atoms with E-state index in [1.165, 1.54) is 6.39 Å². The van der Waals surface area contributed by atoms with Crippen LogP contribution in [0.5, 0.6) is 0 Å². The molecular weight excluding hydrogens is 386 g/mol. The van der Waals surface area contributed by atoms with Crippen LogP contribution in [0.1, 0.15) is 36.2 Å². The molecule has 1 aromatic carbocycles. The molecule has 1 aromatic heterocycles. The smallest absolute Gasteiger partial charge is 0.274 e. The molecule has 2 aromatic rings. The van der Waals surface area contributed by atoms with Gasteiger partial charge in [0.2, 0.25) is 5.91 Å². The molecule has 30 heavy (non-hydrogen) atoms. The quantitative estimate of drug-likeness (QED) is 0.558. The van der Waals surface area contributed by atoms with E-state index in [1.807, 2.05) is 30.3 Å². The van der Waals surface area contributed by atoms with Gasteiger partial charge in [-0.3, -0.25) is 15.0 Å². The summed E-state index contributed by atoms with van der Waals surface area (Å²) in [6.45, 7) is 0.429. The van der Waals surface area contributed by atoms with Crippen molar-refractivity contribution in [2.75, 3.05) is 13.7 Å². The van der Waals surface area contributed by atoms with Gasteiger partial charge in [0.05, 0.1) is 12.1 Å². The van der Waals surface area contributed by atoms with E-state index in [0.717, 1.165) is 31.2 Å². The zero-order valence-corrected chi connectivity index (χ0v) is 16.9. The number of methoxy groups -OCH3 is 1. The fourth-order valence-electron chi connectivity index (χ4n) is 4.05. The lowest BCUT2D eigenvalue weighted by molar-refractivity contribution is -0.124. The Hall–Kier alpha value is -2.75. The highest BCUT2D eigenvalue weighted by molar-refractivity contribution is 5.98. The number of carbonyl (C=O) groups excluding carboxylic acids is 2. The number of nitrogens with zero attached hydrogens (tertiary/aromatic N) is 1. The van der Waals surface area contributed by atoms with E-state index in [-0.39, 0.29) is 29.7 Å². The summed E-state index contributed by atoms with van der Waals surface area (Å²) in [6, 6.07) is 8.47. The molecule has 1 aliphatic carbocycles. The number of aromatic nitrogens is 1. The Kier molecular flexibility index (Phi) is 6.41. The van der Waals surface area contributed by atoms with E-state index in [9.17, 15) is 9.59 Å². The van der Waals surface area contributed by atoms with Crippen LogP contribution in [0, 0.1) is 0 Å². The summed E-state index contributed by atoms with van der Waals surface area (Å²) < 4.78 is 10.8. The lowest BCUT2D eigenvalue weighted by Crippen LogP contribution is -2.55. The average molecular weight is 413 g/mol. The molecule has 2 fully saturated rings. The van der Waals surface area contributed by atoms with Gasteiger partial charge in [-0.15, -0.1) is 0 Å². The van der Waals surface area contributed by atoms with E-state index in [2.05, 4.69) is 26.5 Å². The first-order valence-corrected chi connectivity index (χ1v) is 10.3. The third-order valence-corrected chi connectivity index (χ3v) is 5.75. The second kappa shape index (κ2) is 9.38. The predicted molar refractivity (Wildman–Crippen MR) is 109 cm³/mol. The van der Waals surface area contributed by atoms with Crippen LogP contribution in [-0.2, 0) is 9.53 Å². The van der Waals surface area contributed by atoms with Crippen molar-refractivity contribution in [1.29, 1.82) is 0 Å². The van der Waals surface area contributed by atoms with Crippen molar-refractivity contribution in [3.05, 3.63) is 42.4 Å². The highest BCUT2D eigenvalue weighted by atomic mass is 16.5. The molecule has 4 rings (SSSR count). The first kappa shape index (κ1) is 20.5. The predicted octanol–water partition coefficient (Wildman–Crippen LogP) is 0.990. The van der Waals surface area contributed by atoms with Crippen LogP contribution >= 0.6 is 0 Å². The van der Waals surface area contributed by atoms with Gasteiger partial charge in [0, 0.05) is 25.3 Å². The van der Waals surface area contributed by atoms with Crippen LogP contribution in [-0.4, -0.2) is 54.7 Å². The number of amides is 2. The van der Waals surface area contributed by atoms with Gasteiger partial charge < -0.3 is 19.8 Å². The van der Waals surface area contributed by atoms with Crippen molar-refractivity contribution in [3.63, 3.8) is 0 Å². The molecule has 2 amide bonds. The summed E-state index contributed by atoms with van der Waals surface area (Å²) in [4.78, 5) is 29.7. The molecule has 9 heteroatoms. The fourth-order valence-corrected chi connectivity index (χ4v) is 4.05. The topological polar surface area (TPSA) is 118 Å². The van der Waals surface area contributed by atoms with Gasteiger partial charge in [0.15, 0.2) is 17.8 Å². The van der Waals surface area contributed by atoms with Gasteiger partial charge in [0.25, 0.3) is 5.91 Å². The normalized spacial score (nSPS) is 26.3. The van der Waals surface area contributed by atoms with Gasteiger partial charge in [-0.1, -0.05) is 30.3 Å². The van der Waals surface area contributed by atoms with Crippen molar-refractivity contribution < 1.29 is 18.7 Å². The van der Waals surface area contributed by atoms with Gasteiger partial charge in [-0.05, 0) is 25.7 Å². The maximum atomic E-state index is 12.8.